The second-order valence-corrected chi connectivity index (χ2v) is 7.02. The van der Waals surface area contributed by atoms with Gasteiger partial charge < -0.3 is 20.1 Å². The third-order valence-corrected chi connectivity index (χ3v) is 4.73. The minimum atomic E-state index is 0.395. The topological polar surface area (TPSA) is 96.5 Å². The van der Waals surface area contributed by atoms with Crippen molar-refractivity contribution in [3.63, 3.8) is 0 Å². The lowest BCUT2D eigenvalue weighted by molar-refractivity contribution is 0.409. The molecule has 164 valence electrons. The average Bonchev–Trinajstić information content (AvgIpc) is 3.27. The van der Waals surface area contributed by atoms with Gasteiger partial charge in [-0.1, -0.05) is 17.7 Å². The van der Waals surface area contributed by atoms with Crippen LogP contribution in [0.1, 0.15) is 23.9 Å². The zero-order valence-electron chi connectivity index (χ0n) is 18.5. The summed E-state index contributed by atoms with van der Waals surface area (Å²) in [6.45, 7) is 6.02. The second-order valence-electron chi connectivity index (χ2n) is 7.02. The van der Waals surface area contributed by atoms with E-state index in [-0.39, 0.29) is 0 Å². The quantitative estimate of drug-likeness (QED) is 0.362. The molecule has 0 unspecified atom stereocenters. The van der Waals surface area contributed by atoms with E-state index in [1.807, 2.05) is 37.3 Å². The molecule has 1 aromatic heterocycles. The first kappa shape index (κ1) is 22.1. The molecule has 3 aromatic rings. The van der Waals surface area contributed by atoms with Crippen molar-refractivity contribution in [2.24, 2.45) is 4.99 Å². The summed E-state index contributed by atoms with van der Waals surface area (Å²) in [5.74, 6) is 3.77. The Morgan fingerprint density at radius 1 is 1.06 bits per heavy atom. The van der Waals surface area contributed by atoms with Crippen molar-refractivity contribution < 1.29 is 9.47 Å². The Hall–Kier alpha value is -3.55. The molecule has 0 aliphatic heterocycles. The third-order valence-electron chi connectivity index (χ3n) is 4.73. The number of nitrogens with one attached hydrogen (secondary N) is 3. The van der Waals surface area contributed by atoms with Gasteiger partial charge in [0, 0.05) is 18.7 Å². The van der Waals surface area contributed by atoms with Crippen molar-refractivity contribution in [2.75, 3.05) is 27.3 Å². The lowest BCUT2D eigenvalue weighted by Crippen LogP contribution is -2.38. The molecule has 3 N–H and O–H groups in total. The number of aliphatic imine (C=N–C) groups is 1. The van der Waals surface area contributed by atoms with Crippen LogP contribution in [0.3, 0.4) is 0 Å². The molecule has 0 aliphatic rings. The molecular weight excluding hydrogens is 392 g/mol. The van der Waals surface area contributed by atoms with Gasteiger partial charge in [0.1, 0.15) is 23.9 Å². The Balaban J connectivity index is 1.59. The molecule has 0 radical (unpaired) electrons. The van der Waals surface area contributed by atoms with Crippen LogP contribution in [0.2, 0.25) is 0 Å². The van der Waals surface area contributed by atoms with E-state index >= 15 is 0 Å². The number of benzene rings is 2. The number of rotatable bonds is 9. The van der Waals surface area contributed by atoms with E-state index in [0.717, 1.165) is 42.5 Å². The first-order valence-corrected chi connectivity index (χ1v) is 10.3. The lowest BCUT2D eigenvalue weighted by atomic mass is 10.1. The molecule has 0 fully saturated rings. The van der Waals surface area contributed by atoms with Crippen LogP contribution < -0.4 is 20.1 Å². The van der Waals surface area contributed by atoms with E-state index in [2.05, 4.69) is 49.9 Å². The highest BCUT2D eigenvalue weighted by Gasteiger charge is 2.07. The van der Waals surface area contributed by atoms with Gasteiger partial charge >= 0.3 is 0 Å². The van der Waals surface area contributed by atoms with E-state index in [1.165, 1.54) is 11.1 Å². The van der Waals surface area contributed by atoms with Gasteiger partial charge in [-0.05, 0) is 56.2 Å². The number of aromatic amines is 1. The summed E-state index contributed by atoms with van der Waals surface area (Å²) in [5, 5.41) is 13.9. The van der Waals surface area contributed by atoms with Gasteiger partial charge in [0.2, 0.25) is 0 Å². The van der Waals surface area contributed by atoms with Crippen molar-refractivity contribution in [3.8, 4) is 22.9 Å². The lowest BCUT2D eigenvalue weighted by Gasteiger charge is -2.13. The van der Waals surface area contributed by atoms with E-state index < -0.39 is 0 Å². The normalized spacial score (nSPS) is 11.3. The van der Waals surface area contributed by atoms with Gasteiger partial charge in [-0.25, -0.2) is 9.98 Å². The van der Waals surface area contributed by atoms with E-state index in [9.17, 15) is 0 Å². The highest BCUT2D eigenvalue weighted by molar-refractivity contribution is 5.79. The highest BCUT2D eigenvalue weighted by Crippen LogP contribution is 2.20. The molecule has 8 nitrogen and oxygen atoms in total. The van der Waals surface area contributed by atoms with Crippen LogP contribution in [-0.4, -0.2) is 48.5 Å². The van der Waals surface area contributed by atoms with E-state index in [4.69, 9.17) is 9.47 Å². The van der Waals surface area contributed by atoms with Crippen molar-refractivity contribution >= 4 is 5.96 Å². The molecule has 31 heavy (non-hydrogen) atoms. The summed E-state index contributed by atoms with van der Waals surface area (Å²) in [4.78, 5) is 9.16. The monoisotopic (exact) mass is 422 g/mol. The van der Waals surface area contributed by atoms with Crippen LogP contribution in [0, 0.1) is 6.92 Å². The number of nitrogens with zero attached hydrogens (tertiary/aromatic N) is 3. The zero-order valence-corrected chi connectivity index (χ0v) is 18.5. The molecule has 0 spiro atoms. The molecule has 8 heteroatoms. The molecule has 0 atom stereocenters. The Morgan fingerprint density at radius 2 is 1.87 bits per heavy atom. The maximum absolute atomic E-state index is 5.46. The van der Waals surface area contributed by atoms with Gasteiger partial charge in [0.15, 0.2) is 11.8 Å². The van der Waals surface area contributed by atoms with Crippen molar-refractivity contribution in [1.29, 1.82) is 0 Å². The fourth-order valence-electron chi connectivity index (χ4n) is 3.15. The summed E-state index contributed by atoms with van der Waals surface area (Å²) in [6, 6.07) is 13.9. The van der Waals surface area contributed by atoms with Crippen LogP contribution in [-0.2, 0) is 13.0 Å². The molecule has 0 amide bonds. The van der Waals surface area contributed by atoms with Crippen LogP contribution in [0.5, 0.6) is 11.5 Å². The van der Waals surface area contributed by atoms with Crippen molar-refractivity contribution in [2.45, 2.75) is 26.8 Å². The smallest absolute Gasteiger partial charge is 0.191 e. The van der Waals surface area contributed by atoms with Crippen LogP contribution in [0.25, 0.3) is 11.4 Å². The van der Waals surface area contributed by atoms with E-state index in [1.54, 1.807) is 14.2 Å². The number of guanidine groups is 1. The van der Waals surface area contributed by atoms with Gasteiger partial charge in [0.05, 0.1) is 14.2 Å². The largest absolute Gasteiger partial charge is 0.497 e. The Bertz CT molecular complexity index is 998. The molecule has 0 bridgehead atoms. The number of ether oxygens (including phenoxy) is 2. The van der Waals surface area contributed by atoms with Crippen molar-refractivity contribution in [1.82, 2.24) is 25.8 Å². The molecule has 0 saturated carbocycles. The standard InChI is InChI=1S/C23H30N6O2/c1-5-24-23(25-13-12-18-14-16(2)6-11-20(18)31-4)26-15-21-27-22(29-28-21)17-7-9-19(30-3)10-8-17/h6-11,14H,5,12-13,15H2,1-4H3,(H2,24,25,26)(H,27,28,29). The SMILES string of the molecule is CCNC(=NCc1nc(-c2ccc(OC)cc2)n[nH]1)NCCc1cc(C)ccc1OC. The fraction of sp³-hybridized carbons (Fsp3) is 0.348. The molecule has 3 rings (SSSR count). The van der Waals surface area contributed by atoms with Gasteiger partial charge in [0.25, 0.3) is 0 Å². The Labute approximate surface area is 183 Å². The minimum absolute atomic E-state index is 0.395. The van der Waals surface area contributed by atoms with Crippen LogP contribution in [0.15, 0.2) is 47.5 Å². The molecule has 0 aliphatic carbocycles. The number of hydrogen-bond acceptors (Lipinski definition) is 5. The molecule has 1 heterocycles. The fourth-order valence-corrected chi connectivity index (χ4v) is 3.15. The predicted molar refractivity (Wildman–Crippen MR) is 123 cm³/mol. The summed E-state index contributed by atoms with van der Waals surface area (Å²) in [6.07, 6.45) is 0.833. The highest BCUT2D eigenvalue weighted by atomic mass is 16.5. The van der Waals surface area contributed by atoms with Gasteiger partial charge in [-0.3, -0.25) is 5.10 Å². The minimum Gasteiger partial charge on any atom is -0.497 e. The summed E-state index contributed by atoms with van der Waals surface area (Å²) in [5.41, 5.74) is 3.31. The first-order chi connectivity index (χ1) is 15.1. The zero-order chi connectivity index (χ0) is 22.1. The second kappa shape index (κ2) is 11.0. The van der Waals surface area contributed by atoms with Crippen molar-refractivity contribution in [3.05, 3.63) is 59.4 Å². The van der Waals surface area contributed by atoms with Crippen LogP contribution >= 0.6 is 0 Å². The molecular formula is C23H30N6O2. The number of methoxy groups -OCH3 is 2. The number of hydrogen-bond donors (Lipinski definition) is 3. The first-order valence-electron chi connectivity index (χ1n) is 10.3. The number of H-pyrrole nitrogens is 1. The third kappa shape index (κ3) is 6.21. The summed E-state index contributed by atoms with van der Waals surface area (Å²) in [7, 11) is 3.34. The van der Waals surface area contributed by atoms with Gasteiger partial charge in [-0.2, -0.15) is 5.10 Å². The maximum Gasteiger partial charge on any atom is 0.191 e. The number of aryl methyl sites for hydroxylation is 1. The average molecular weight is 423 g/mol. The number of aromatic nitrogens is 3. The van der Waals surface area contributed by atoms with Gasteiger partial charge in [-0.15, -0.1) is 0 Å². The summed E-state index contributed by atoms with van der Waals surface area (Å²) < 4.78 is 10.7. The Morgan fingerprint density at radius 3 is 2.58 bits per heavy atom. The van der Waals surface area contributed by atoms with Crippen LogP contribution in [0.4, 0.5) is 0 Å². The summed E-state index contributed by atoms with van der Waals surface area (Å²) >= 11 is 0. The molecule has 0 saturated heterocycles. The van der Waals surface area contributed by atoms with E-state index in [0.29, 0.717) is 18.2 Å². The maximum atomic E-state index is 5.46. The Kier molecular flexibility index (Phi) is 7.86. The molecule has 2 aromatic carbocycles. The predicted octanol–water partition coefficient (Wildman–Crippen LogP) is 3.10.